The number of para-hydroxylation sites is 1. The highest BCUT2D eigenvalue weighted by molar-refractivity contribution is 5.99. The predicted molar refractivity (Wildman–Crippen MR) is 103 cm³/mol. The number of hydrogen-bond acceptors (Lipinski definition) is 5. The average molecular weight is 386 g/mol. The fourth-order valence-electron chi connectivity index (χ4n) is 4.07. The van der Waals surface area contributed by atoms with Gasteiger partial charge in [0.2, 0.25) is 5.91 Å². The van der Waals surface area contributed by atoms with Gasteiger partial charge in [-0.2, -0.15) is 0 Å². The average Bonchev–Trinajstić information content (AvgIpc) is 3.12. The molecule has 0 spiro atoms. The minimum atomic E-state index is -0.125. The number of morpholine rings is 1. The lowest BCUT2D eigenvalue weighted by molar-refractivity contribution is -0.141. The topological polar surface area (TPSA) is 72.2 Å². The van der Waals surface area contributed by atoms with Crippen LogP contribution >= 0.6 is 0 Å². The Morgan fingerprint density at radius 1 is 1.07 bits per heavy atom. The highest BCUT2D eigenvalue weighted by atomic mass is 16.5. The minimum absolute atomic E-state index is 0.0173. The third-order valence-corrected chi connectivity index (χ3v) is 5.64. The Balaban J connectivity index is 1.45. The number of hydrogen-bond donors (Lipinski definition) is 0. The third-order valence-electron chi connectivity index (χ3n) is 5.64. The molecule has 0 N–H and O–H groups in total. The number of likely N-dealkylation sites (tertiary alicyclic amines) is 1. The maximum Gasteiger partial charge on any atom is 0.289 e. The number of ether oxygens (including phenoxy) is 2. The molecule has 0 radical (unpaired) electrons. The van der Waals surface area contributed by atoms with E-state index in [1.165, 1.54) is 0 Å². The Kier molecular flexibility index (Phi) is 5.64. The summed E-state index contributed by atoms with van der Waals surface area (Å²) in [5, 5.41) is 0.907. The molecule has 1 aromatic carbocycles. The lowest BCUT2D eigenvalue weighted by Gasteiger charge is -2.35. The zero-order valence-electron chi connectivity index (χ0n) is 16.2. The number of carbonyl (C=O) groups is 2. The molecule has 0 atom stereocenters. The van der Waals surface area contributed by atoms with Gasteiger partial charge in [-0.3, -0.25) is 9.59 Å². The molecule has 2 aliphatic rings. The fraction of sp³-hybridized carbons (Fsp3) is 0.524. The summed E-state index contributed by atoms with van der Waals surface area (Å²) in [5.74, 6) is 0.400. The molecule has 2 aromatic rings. The summed E-state index contributed by atoms with van der Waals surface area (Å²) < 4.78 is 16.5. The normalized spacial score (nSPS) is 18.6. The van der Waals surface area contributed by atoms with Crippen LogP contribution in [0.3, 0.4) is 0 Å². The molecule has 150 valence electrons. The molecule has 28 heavy (non-hydrogen) atoms. The van der Waals surface area contributed by atoms with E-state index in [4.69, 9.17) is 13.9 Å². The number of piperidine rings is 1. The molecular weight excluding hydrogens is 360 g/mol. The van der Waals surface area contributed by atoms with Crippen LogP contribution in [0.1, 0.15) is 29.0 Å². The number of furan rings is 1. The maximum atomic E-state index is 13.1. The van der Waals surface area contributed by atoms with Crippen LogP contribution < -0.4 is 0 Å². The Hall–Kier alpha value is -2.38. The van der Waals surface area contributed by atoms with Gasteiger partial charge in [-0.05, 0) is 18.9 Å². The predicted octanol–water partition coefficient (Wildman–Crippen LogP) is 2.29. The summed E-state index contributed by atoms with van der Waals surface area (Å²) in [5.41, 5.74) is 1.48. The molecular formula is C21H26N2O5. The molecule has 2 saturated heterocycles. The fourth-order valence-corrected chi connectivity index (χ4v) is 4.07. The largest absolute Gasteiger partial charge is 0.451 e. The van der Waals surface area contributed by atoms with Crippen molar-refractivity contribution in [3.8, 4) is 0 Å². The van der Waals surface area contributed by atoms with E-state index < -0.39 is 0 Å². The van der Waals surface area contributed by atoms with Gasteiger partial charge in [0.1, 0.15) is 5.58 Å². The highest BCUT2D eigenvalue weighted by Gasteiger charge is 2.33. The first-order valence-corrected chi connectivity index (χ1v) is 9.84. The van der Waals surface area contributed by atoms with Crippen molar-refractivity contribution in [2.45, 2.75) is 19.4 Å². The SMILES string of the molecule is COCc1c(C(=O)N2CCC(C(=O)N3CCOCC3)CC2)oc2ccccc12. The van der Waals surface area contributed by atoms with Gasteiger partial charge < -0.3 is 23.7 Å². The van der Waals surface area contributed by atoms with E-state index in [-0.39, 0.29) is 17.7 Å². The first-order valence-electron chi connectivity index (χ1n) is 9.84. The molecule has 7 nitrogen and oxygen atoms in total. The Morgan fingerprint density at radius 3 is 2.50 bits per heavy atom. The van der Waals surface area contributed by atoms with Gasteiger partial charge in [0.25, 0.3) is 5.91 Å². The van der Waals surface area contributed by atoms with E-state index in [0.29, 0.717) is 70.2 Å². The van der Waals surface area contributed by atoms with E-state index in [1.807, 2.05) is 29.2 Å². The van der Waals surface area contributed by atoms with Crippen molar-refractivity contribution in [2.24, 2.45) is 5.92 Å². The van der Waals surface area contributed by atoms with Crippen molar-refractivity contribution in [3.63, 3.8) is 0 Å². The first-order chi connectivity index (χ1) is 13.7. The number of rotatable bonds is 4. The van der Waals surface area contributed by atoms with Crippen molar-refractivity contribution in [2.75, 3.05) is 46.5 Å². The summed E-state index contributed by atoms with van der Waals surface area (Å²) in [7, 11) is 1.61. The molecule has 1 aromatic heterocycles. The molecule has 4 rings (SSSR count). The highest BCUT2D eigenvalue weighted by Crippen LogP contribution is 2.29. The quantitative estimate of drug-likeness (QED) is 0.806. The van der Waals surface area contributed by atoms with E-state index in [2.05, 4.69) is 0 Å². The van der Waals surface area contributed by atoms with Crippen LogP contribution in [-0.4, -0.2) is 68.1 Å². The van der Waals surface area contributed by atoms with Crippen molar-refractivity contribution in [1.82, 2.24) is 9.80 Å². The smallest absolute Gasteiger partial charge is 0.289 e. The summed E-state index contributed by atoms with van der Waals surface area (Å²) in [6.45, 7) is 3.99. The standard InChI is InChI=1S/C21H26N2O5/c1-26-14-17-16-4-2-3-5-18(16)28-19(17)21(25)22-8-6-15(7-9-22)20(24)23-10-12-27-13-11-23/h2-5,15H,6-14H2,1H3. The van der Waals surface area contributed by atoms with Gasteiger partial charge in [0.05, 0.1) is 19.8 Å². The van der Waals surface area contributed by atoms with Gasteiger partial charge >= 0.3 is 0 Å². The van der Waals surface area contributed by atoms with Crippen LogP contribution in [0, 0.1) is 5.92 Å². The molecule has 0 saturated carbocycles. The molecule has 0 aliphatic carbocycles. The van der Waals surface area contributed by atoms with E-state index in [0.717, 1.165) is 10.9 Å². The summed E-state index contributed by atoms with van der Waals surface area (Å²) in [6.07, 6.45) is 1.36. The van der Waals surface area contributed by atoms with Crippen LogP contribution in [0.4, 0.5) is 0 Å². The minimum Gasteiger partial charge on any atom is -0.451 e. The van der Waals surface area contributed by atoms with Crippen LogP contribution in [0.2, 0.25) is 0 Å². The summed E-state index contributed by atoms with van der Waals surface area (Å²) >= 11 is 0. The Labute approximate surface area is 164 Å². The number of fused-ring (bicyclic) bond motifs is 1. The molecule has 2 aliphatic heterocycles. The second-order valence-corrected chi connectivity index (χ2v) is 7.34. The van der Waals surface area contributed by atoms with E-state index in [9.17, 15) is 9.59 Å². The molecule has 3 heterocycles. The summed E-state index contributed by atoms with van der Waals surface area (Å²) in [4.78, 5) is 29.5. The van der Waals surface area contributed by atoms with Crippen molar-refractivity contribution in [1.29, 1.82) is 0 Å². The lowest BCUT2D eigenvalue weighted by Crippen LogP contribution is -2.47. The van der Waals surface area contributed by atoms with E-state index >= 15 is 0 Å². The number of methoxy groups -OCH3 is 1. The van der Waals surface area contributed by atoms with Crippen molar-refractivity contribution in [3.05, 3.63) is 35.6 Å². The van der Waals surface area contributed by atoms with Crippen LogP contribution in [0.25, 0.3) is 11.0 Å². The lowest BCUT2D eigenvalue weighted by atomic mass is 9.94. The third kappa shape index (κ3) is 3.64. The zero-order chi connectivity index (χ0) is 19.5. The van der Waals surface area contributed by atoms with Gasteiger partial charge in [-0.1, -0.05) is 18.2 Å². The first kappa shape index (κ1) is 19.0. The van der Waals surface area contributed by atoms with Crippen molar-refractivity contribution < 1.29 is 23.5 Å². The molecule has 2 amide bonds. The number of carbonyl (C=O) groups excluding carboxylic acids is 2. The molecule has 7 heteroatoms. The number of amides is 2. The van der Waals surface area contributed by atoms with E-state index in [1.54, 1.807) is 12.0 Å². The molecule has 0 bridgehead atoms. The van der Waals surface area contributed by atoms with Crippen molar-refractivity contribution >= 4 is 22.8 Å². The Bertz CT molecular complexity index is 848. The van der Waals surface area contributed by atoms with Gasteiger partial charge in [-0.15, -0.1) is 0 Å². The van der Waals surface area contributed by atoms with Crippen LogP contribution in [0.5, 0.6) is 0 Å². The van der Waals surface area contributed by atoms with Gasteiger partial charge in [-0.25, -0.2) is 0 Å². The van der Waals surface area contributed by atoms with Crippen LogP contribution in [-0.2, 0) is 20.9 Å². The van der Waals surface area contributed by atoms with Gasteiger partial charge in [0, 0.05) is 50.2 Å². The molecule has 2 fully saturated rings. The maximum absolute atomic E-state index is 13.1. The monoisotopic (exact) mass is 386 g/mol. The Morgan fingerprint density at radius 2 is 1.79 bits per heavy atom. The molecule has 0 unspecified atom stereocenters. The van der Waals surface area contributed by atoms with Gasteiger partial charge in [0.15, 0.2) is 5.76 Å². The zero-order valence-corrected chi connectivity index (χ0v) is 16.2. The number of benzene rings is 1. The second-order valence-electron chi connectivity index (χ2n) is 7.34. The number of nitrogens with zero attached hydrogens (tertiary/aromatic N) is 2. The summed E-state index contributed by atoms with van der Waals surface area (Å²) in [6, 6.07) is 7.61. The second kappa shape index (κ2) is 8.32. The van der Waals surface area contributed by atoms with Crippen LogP contribution in [0.15, 0.2) is 28.7 Å².